The summed E-state index contributed by atoms with van der Waals surface area (Å²) in [6.07, 6.45) is 5.77. The molecule has 0 bridgehead atoms. The van der Waals surface area contributed by atoms with Crippen LogP contribution in [0.25, 0.3) is 0 Å². The highest BCUT2D eigenvalue weighted by Gasteiger charge is 2.28. The summed E-state index contributed by atoms with van der Waals surface area (Å²) in [5.74, 6) is 0.941. The zero-order valence-electron chi connectivity index (χ0n) is 14.7. The predicted molar refractivity (Wildman–Crippen MR) is 98.7 cm³/mol. The second kappa shape index (κ2) is 6.57. The molecule has 0 saturated carbocycles. The fourth-order valence-electron chi connectivity index (χ4n) is 3.36. The van der Waals surface area contributed by atoms with E-state index < -0.39 is 0 Å². The molecule has 2 aromatic heterocycles. The smallest absolute Gasteiger partial charge is 0.181 e. The minimum Gasteiger partial charge on any atom is -0.484 e. The highest BCUT2D eigenvalue weighted by atomic mass is 16.5. The summed E-state index contributed by atoms with van der Waals surface area (Å²) in [5.41, 5.74) is 10.7. The van der Waals surface area contributed by atoms with Crippen LogP contribution in [0.5, 0.6) is 5.75 Å². The number of oxazole rings is 1. The van der Waals surface area contributed by atoms with Crippen molar-refractivity contribution in [2.45, 2.75) is 25.9 Å². The van der Waals surface area contributed by atoms with Gasteiger partial charge in [-0.1, -0.05) is 0 Å². The minimum atomic E-state index is -0.192. The third-order valence-corrected chi connectivity index (χ3v) is 4.83. The Labute approximate surface area is 155 Å². The van der Waals surface area contributed by atoms with Gasteiger partial charge in [-0.25, -0.2) is 4.98 Å². The molecule has 0 fully saturated rings. The molecular weight excluding hydrogens is 342 g/mol. The van der Waals surface area contributed by atoms with Gasteiger partial charge in [0.1, 0.15) is 23.6 Å². The molecule has 0 aliphatic heterocycles. The van der Waals surface area contributed by atoms with E-state index in [-0.39, 0.29) is 11.8 Å². The summed E-state index contributed by atoms with van der Waals surface area (Å²) in [4.78, 5) is 8.29. The predicted octanol–water partition coefficient (Wildman–Crippen LogP) is 3.31. The molecular formula is C20H17N5O2. The Morgan fingerprint density at radius 3 is 3.00 bits per heavy atom. The van der Waals surface area contributed by atoms with Gasteiger partial charge in [-0.3, -0.25) is 10.4 Å². The lowest BCUT2D eigenvalue weighted by Gasteiger charge is -2.16. The number of anilines is 1. The number of nitrogens with two attached hydrogens (primary N) is 1. The summed E-state index contributed by atoms with van der Waals surface area (Å²) in [5, 5.41) is 17.5. The maximum atomic E-state index is 9.17. The molecule has 7 nitrogen and oxygen atoms in total. The van der Waals surface area contributed by atoms with E-state index in [2.05, 4.69) is 16.0 Å². The van der Waals surface area contributed by atoms with Crippen LogP contribution >= 0.6 is 0 Å². The molecule has 7 heteroatoms. The van der Waals surface area contributed by atoms with Crippen molar-refractivity contribution in [2.75, 3.05) is 5.73 Å². The van der Waals surface area contributed by atoms with Gasteiger partial charge in [-0.2, -0.15) is 5.26 Å². The number of benzene rings is 1. The van der Waals surface area contributed by atoms with E-state index in [4.69, 9.17) is 20.3 Å². The van der Waals surface area contributed by atoms with Gasteiger partial charge in [-0.15, -0.1) is 0 Å². The highest BCUT2D eigenvalue weighted by Crippen LogP contribution is 2.36. The maximum Gasteiger partial charge on any atom is 0.181 e. The number of nitrogens with zero attached hydrogens (tertiary/aromatic N) is 3. The van der Waals surface area contributed by atoms with Crippen LogP contribution < -0.4 is 10.5 Å². The fourth-order valence-corrected chi connectivity index (χ4v) is 3.36. The normalized spacial score (nSPS) is 15.2. The van der Waals surface area contributed by atoms with Crippen molar-refractivity contribution >= 4 is 11.4 Å². The van der Waals surface area contributed by atoms with Crippen molar-refractivity contribution < 1.29 is 9.15 Å². The van der Waals surface area contributed by atoms with Crippen LogP contribution in [0.4, 0.5) is 5.69 Å². The van der Waals surface area contributed by atoms with Crippen molar-refractivity contribution in [3.63, 3.8) is 0 Å². The van der Waals surface area contributed by atoms with Crippen molar-refractivity contribution in [3.8, 4) is 11.8 Å². The molecule has 1 aliphatic rings. The largest absolute Gasteiger partial charge is 0.484 e. The first-order valence-corrected chi connectivity index (χ1v) is 8.51. The standard InChI is InChI=1S/C20H17N5O2/c1-11-12(7-21)8-25-20-14(11)3-5-17(20)27-13-2-4-16(22)15(6-13)19(23)18-9-24-10-26-18/h2,4,6,8-10,17,23H,3,5,22H2,1H3. The summed E-state index contributed by atoms with van der Waals surface area (Å²) in [6.45, 7) is 1.95. The number of ether oxygens (including phenoxy) is 1. The Morgan fingerprint density at radius 1 is 1.41 bits per heavy atom. The average Bonchev–Trinajstić information content (AvgIpc) is 3.34. The number of nitrogen functional groups attached to an aromatic ring is 1. The molecule has 1 atom stereocenters. The quantitative estimate of drug-likeness (QED) is 0.544. The van der Waals surface area contributed by atoms with Crippen molar-refractivity contribution in [1.29, 1.82) is 10.7 Å². The van der Waals surface area contributed by atoms with E-state index in [1.165, 1.54) is 12.6 Å². The number of nitrogens with one attached hydrogen (secondary N) is 1. The number of hydrogen-bond donors (Lipinski definition) is 2. The van der Waals surface area contributed by atoms with Gasteiger partial charge >= 0.3 is 0 Å². The van der Waals surface area contributed by atoms with E-state index in [0.29, 0.717) is 28.3 Å². The molecule has 4 rings (SSSR count). The first-order valence-electron chi connectivity index (χ1n) is 8.51. The third-order valence-electron chi connectivity index (χ3n) is 4.83. The maximum absolute atomic E-state index is 9.17. The molecule has 0 amide bonds. The lowest BCUT2D eigenvalue weighted by atomic mass is 10.0. The summed E-state index contributed by atoms with van der Waals surface area (Å²) >= 11 is 0. The van der Waals surface area contributed by atoms with Crippen LogP contribution in [-0.4, -0.2) is 15.7 Å². The van der Waals surface area contributed by atoms with Gasteiger partial charge in [0.25, 0.3) is 0 Å². The Hall–Kier alpha value is -3.66. The Balaban J connectivity index is 1.62. The second-order valence-corrected chi connectivity index (χ2v) is 6.41. The van der Waals surface area contributed by atoms with Crippen LogP contribution in [0.3, 0.4) is 0 Å². The summed E-state index contributed by atoms with van der Waals surface area (Å²) < 4.78 is 11.3. The van der Waals surface area contributed by atoms with Crippen LogP contribution in [0.2, 0.25) is 0 Å². The topological polar surface area (TPSA) is 122 Å². The lowest BCUT2D eigenvalue weighted by Crippen LogP contribution is -2.09. The first kappa shape index (κ1) is 16.8. The van der Waals surface area contributed by atoms with Gasteiger partial charge in [0.2, 0.25) is 0 Å². The number of hydrogen-bond acceptors (Lipinski definition) is 7. The number of aromatic nitrogens is 2. The van der Waals surface area contributed by atoms with E-state index in [9.17, 15) is 5.26 Å². The molecule has 1 aliphatic carbocycles. The van der Waals surface area contributed by atoms with E-state index in [1.54, 1.807) is 24.4 Å². The van der Waals surface area contributed by atoms with E-state index >= 15 is 0 Å². The zero-order chi connectivity index (χ0) is 19.0. The van der Waals surface area contributed by atoms with Crippen LogP contribution in [0.1, 0.15) is 46.2 Å². The number of pyridine rings is 1. The average molecular weight is 359 g/mol. The van der Waals surface area contributed by atoms with Gasteiger partial charge in [-0.05, 0) is 49.1 Å². The van der Waals surface area contributed by atoms with Crippen LogP contribution in [0.15, 0.2) is 41.4 Å². The van der Waals surface area contributed by atoms with Crippen LogP contribution in [-0.2, 0) is 6.42 Å². The molecule has 2 heterocycles. The molecule has 0 saturated heterocycles. The second-order valence-electron chi connectivity index (χ2n) is 6.41. The number of nitriles is 1. The van der Waals surface area contributed by atoms with E-state index in [1.807, 2.05) is 6.92 Å². The lowest BCUT2D eigenvalue weighted by molar-refractivity contribution is 0.203. The van der Waals surface area contributed by atoms with Crippen LogP contribution in [0, 0.1) is 23.7 Å². The molecule has 3 aromatic rings. The van der Waals surface area contributed by atoms with Gasteiger partial charge in [0.15, 0.2) is 12.2 Å². The van der Waals surface area contributed by atoms with Gasteiger partial charge in [0.05, 0.1) is 17.5 Å². The third kappa shape index (κ3) is 2.91. The van der Waals surface area contributed by atoms with Crippen molar-refractivity contribution in [2.24, 2.45) is 0 Å². The monoisotopic (exact) mass is 359 g/mol. The Bertz CT molecular complexity index is 1070. The molecule has 0 radical (unpaired) electrons. The molecule has 3 N–H and O–H groups in total. The van der Waals surface area contributed by atoms with Crippen molar-refractivity contribution in [1.82, 2.24) is 9.97 Å². The molecule has 1 unspecified atom stereocenters. The van der Waals surface area contributed by atoms with Gasteiger partial charge in [0, 0.05) is 17.4 Å². The molecule has 1 aromatic carbocycles. The first-order chi connectivity index (χ1) is 13.1. The summed E-state index contributed by atoms with van der Waals surface area (Å²) in [7, 11) is 0. The number of rotatable bonds is 4. The molecule has 27 heavy (non-hydrogen) atoms. The molecule has 0 spiro atoms. The Kier molecular flexibility index (Phi) is 4.09. The van der Waals surface area contributed by atoms with Crippen molar-refractivity contribution in [3.05, 3.63) is 70.7 Å². The SMILES string of the molecule is Cc1c(C#N)cnc2c1CCC2Oc1ccc(N)c(C(=N)c2cnco2)c1. The fraction of sp³-hybridized carbons (Fsp3) is 0.200. The Morgan fingerprint density at radius 2 is 2.26 bits per heavy atom. The van der Waals surface area contributed by atoms with E-state index in [0.717, 1.165) is 29.7 Å². The molecule has 134 valence electrons. The minimum absolute atomic E-state index is 0.148. The summed E-state index contributed by atoms with van der Waals surface area (Å²) in [6, 6.07) is 7.40. The zero-order valence-corrected chi connectivity index (χ0v) is 14.7. The number of fused-ring (bicyclic) bond motifs is 1. The van der Waals surface area contributed by atoms with Gasteiger partial charge < -0.3 is 14.9 Å². The highest BCUT2D eigenvalue weighted by molar-refractivity contribution is 6.12.